The summed E-state index contributed by atoms with van der Waals surface area (Å²) in [5, 5.41) is 3.10. The molecule has 2 unspecified atom stereocenters. The van der Waals surface area contributed by atoms with Gasteiger partial charge in [0.15, 0.2) is 0 Å². The first-order valence-electron chi connectivity index (χ1n) is 4.44. The van der Waals surface area contributed by atoms with E-state index in [1.807, 2.05) is 19.9 Å². The molecule has 0 aromatic carbocycles. The summed E-state index contributed by atoms with van der Waals surface area (Å²) in [6, 6.07) is 1.97. The zero-order chi connectivity index (χ0) is 10.6. The van der Waals surface area contributed by atoms with Crippen LogP contribution in [0.25, 0.3) is 0 Å². The number of nitrogens with one attached hydrogen (secondary N) is 1. The van der Waals surface area contributed by atoms with Crippen LogP contribution in [0.3, 0.4) is 0 Å². The number of hydrogen-bond donors (Lipinski definition) is 1. The predicted molar refractivity (Wildman–Crippen MR) is 58.8 cm³/mol. The van der Waals surface area contributed by atoms with E-state index in [4.69, 9.17) is 0 Å². The molecular weight excluding hydrogens is 198 g/mol. The standard InChI is InChI=1S/C9H15N3OS/c1-7-4-5-10-9(11-7)12-8(2)6-14(3)13/h4-5,8H,6H2,1-3H3,(H,10,11,12). The molecule has 2 atom stereocenters. The molecule has 1 aromatic heterocycles. The maximum atomic E-state index is 10.9. The second-order valence-corrected chi connectivity index (χ2v) is 4.79. The van der Waals surface area contributed by atoms with E-state index in [-0.39, 0.29) is 6.04 Å². The third kappa shape index (κ3) is 3.83. The van der Waals surface area contributed by atoms with Crippen LogP contribution in [0, 0.1) is 6.92 Å². The van der Waals surface area contributed by atoms with Crippen molar-refractivity contribution in [2.45, 2.75) is 19.9 Å². The van der Waals surface area contributed by atoms with Gasteiger partial charge in [-0.2, -0.15) is 0 Å². The van der Waals surface area contributed by atoms with Crippen molar-refractivity contribution in [2.75, 3.05) is 17.3 Å². The van der Waals surface area contributed by atoms with E-state index in [1.54, 1.807) is 12.5 Å². The monoisotopic (exact) mass is 213 g/mol. The minimum Gasteiger partial charge on any atom is -0.351 e. The summed E-state index contributed by atoms with van der Waals surface area (Å²) < 4.78 is 10.9. The first-order chi connectivity index (χ1) is 6.58. The molecule has 0 aliphatic carbocycles. The van der Waals surface area contributed by atoms with Gasteiger partial charge in [-0.15, -0.1) is 0 Å². The highest BCUT2D eigenvalue weighted by atomic mass is 32.2. The normalized spacial score (nSPS) is 14.8. The predicted octanol–water partition coefficient (Wildman–Crippen LogP) is 0.964. The van der Waals surface area contributed by atoms with Crippen LogP contribution in [0.1, 0.15) is 12.6 Å². The average molecular weight is 213 g/mol. The van der Waals surface area contributed by atoms with Gasteiger partial charge in [0.2, 0.25) is 5.95 Å². The SMILES string of the molecule is Cc1ccnc(NC(C)CS(C)=O)n1. The van der Waals surface area contributed by atoms with Gasteiger partial charge in [-0.1, -0.05) is 0 Å². The fourth-order valence-electron chi connectivity index (χ4n) is 1.13. The summed E-state index contributed by atoms with van der Waals surface area (Å²) in [5.74, 6) is 1.21. The van der Waals surface area contributed by atoms with E-state index in [9.17, 15) is 4.21 Å². The van der Waals surface area contributed by atoms with E-state index < -0.39 is 10.8 Å². The maximum absolute atomic E-state index is 10.9. The van der Waals surface area contributed by atoms with E-state index >= 15 is 0 Å². The number of anilines is 1. The number of aromatic nitrogens is 2. The van der Waals surface area contributed by atoms with Gasteiger partial charge in [-0.25, -0.2) is 9.97 Å². The molecule has 0 amide bonds. The Morgan fingerprint density at radius 3 is 2.93 bits per heavy atom. The highest BCUT2D eigenvalue weighted by Crippen LogP contribution is 2.01. The van der Waals surface area contributed by atoms with Crippen LogP contribution >= 0.6 is 0 Å². The minimum absolute atomic E-state index is 0.127. The summed E-state index contributed by atoms with van der Waals surface area (Å²) >= 11 is 0. The van der Waals surface area contributed by atoms with Crippen molar-refractivity contribution >= 4 is 16.7 Å². The molecule has 0 spiro atoms. The Morgan fingerprint density at radius 1 is 1.64 bits per heavy atom. The maximum Gasteiger partial charge on any atom is 0.223 e. The lowest BCUT2D eigenvalue weighted by Crippen LogP contribution is -2.23. The van der Waals surface area contributed by atoms with Gasteiger partial charge < -0.3 is 5.32 Å². The second kappa shape index (κ2) is 5.05. The fraction of sp³-hybridized carbons (Fsp3) is 0.556. The lowest BCUT2D eigenvalue weighted by molar-refractivity contribution is 0.682. The summed E-state index contributed by atoms with van der Waals surface area (Å²) in [7, 11) is -0.793. The summed E-state index contributed by atoms with van der Waals surface area (Å²) in [6.07, 6.45) is 3.40. The average Bonchev–Trinajstić information content (AvgIpc) is 2.01. The van der Waals surface area contributed by atoms with Crippen LogP contribution < -0.4 is 5.32 Å². The topological polar surface area (TPSA) is 54.9 Å². The quantitative estimate of drug-likeness (QED) is 0.809. The van der Waals surface area contributed by atoms with Gasteiger partial charge in [0.05, 0.1) is 0 Å². The first kappa shape index (κ1) is 11.1. The Hall–Kier alpha value is -0.970. The lowest BCUT2D eigenvalue weighted by atomic mass is 10.4. The molecule has 1 N–H and O–H groups in total. The molecule has 78 valence electrons. The molecule has 1 rings (SSSR count). The number of hydrogen-bond acceptors (Lipinski definition) is 4. The smallest absolute Gasteiger partial charge is 0.223 e. The first-order valence-corrected chi connectivity index (χ1v) is 6.17. The molecule has 5 heteroatoms. The van der Waals surface area contributed by atoms with Gasteiger partial charge in [0.1, 0.15) is 0 Å². The highest BCUT2D eigenvalue weighted by molar-refractivity contribution is 7.84. The van der Waals surface area contributed by atoms with Crippen molar-refractivity contribution in [2.24, 2.45) is 0 Å². The number of aryl methyl sites for hydroxylation is 1. The fourth-order valence-corrected chi connectivity index (χ4v) is 1.92. The Labute approximate surface area is 86.6 Å². The third-order valence-electron chi connectivity index (χ3n) is 1.66. The van der Waals surface area contributed by atoms with Gasteiger partial charge >= 0.3 is 0 Å². The Bertz CT molecular complexity index is 330. The van der Waals surface area contributed by atoms with Crippen molar-refractivity contribution in [3.63, 3.8) is 0 Å². The molecule has 14 heavy (non-hydrogen) atoms. The van der Waals surface area contributed by atoms with E-state index in [0.717, 1.165) is 5.69 Å². The summed E-state index contributed by atoms with van der Waals surface area (Å²) in [5.41, 5.74) is 0.923. The third-order valence-corrected chi connectivity index (χ3v) is 2.62. The minimum atomic E-state index is -0.793. The summed E-state index contributed by atoms with van der Waals surface area (Å²) in [4.78, 5) is 8.26. The largest absolute Gasteiger partial charge is 0.351 e. The molecular formula is C9H15N3OS. The van der Waals surface area contributed by atoms with E-state index in [2.05, 4.69) is 15.3 Å². The molecule has 0 radical (unpaired) electrons. The molecule has 0 saturated heterocycles. The molecule has 0 fully saturated rings. The second-order valence-electron chi connectivity index (χ2n) is 3.31. The number of nitrogens with zero attached hydrogens (tertiary/aromatic N) is 2. The van der Waals surface area contributed by atoms with Crippen molar-refractivity contribution in [1.82, 2.24) is 9.97 Å². The van der Waals surface area contributed by atoms with E-state index in [0.29, 0.717) is 11.7 Å². The zero-order valence-electron chi connectivity index (χ0n) is 8.65. The molecule has 4 nitrogen and oxygen atoms in total. The molecule has 0 saturated carbocycles. The van der Waals surface area contributed by atoms with Crippen LogP contribution in [-0.4, -0.2) is 32.2 Å². The van der Waals surface area contributed by atoms with Crippen LogP contribution in [0.4, 0.5) is 5.95 Å². The van der Waals surface area contributed by atoms with Crippen molar-refractivity contribution in [1.29, 1.82) is 0 Å². The molecule has 0 aliphatic heterocycles. The van der Waals surface area contributed by atoms with Crippen molar-refractivity contribution < 1.29 is 4.21 Å². The zero-order valence-corrected chi connectivity index (χ0v) is 9.47. The van der Waals surface area contributed by atoms with Gasteiger partial charge in [0.25, 0.3) is 0 Å². The van der Waals surface area contributed by atoms with Crippen molar-refractivity contribution in [3.05, 3.63) is 18.0 Å². The Balaban J connectivity index is 2.55. The van der Waals surface area contributed by atoms with Crippen LogP contribution in [0.5, 0.6) is 0 Å². The van der Waals surface area contributed by atoms with Gasteiger partial charge in [-0.05, 0) is 19.9 Å². The van der Waals surface area contributed by atoms with Crippen LogP contribution in [0.2, 0.25) is 0 Å². The Morgan fingerprint density at radius 2 is 2.36 bits per heavy atom. The van der Waals surface area contributed by atoms with Gasteiger partial charge in [0, 0.05) is 40.7 Å². The highest BCUT2D eigenvalue weighted by Gasteiger charge is 2.05. The van der Waals surface area contributed by atoms with Crippen molar-refractivity contribution in [3.8, 4) is 0 Å². The van der Waals surface area contributed by atoms with E-state index in [1.165, 1.54) is 0 Å². The van der Waals surface area contributed by atoms with Crippen LogP contribution in [0.15, 0.2) is 12.3 Å². The molecule has 0 aliphatic rings. The molecule has 1 aromatic rings. The van der Waals surface area contributed by atoms with Crippen LogP contribution in [-0.2, 0) is 10.8 Å². The molecule has 0 bridgehead atoms. The van der Waals surface area contributed by atoms with Gasteiger partial charge in [-0.3, -0.25) is 4.21 Å². The summed E-state index contributed by atoms with van der Waals surface area (Å²) in [6.45, 7) is 3.88. The Kier molecular flexibility index (Phi) is 4.00. The number of rotatable bonds is 4. The lowest BCUT2D eigenvalue weighted by Gasteiger charge is -2.11. The molecule has 1 heterocycles.